The predicted molar refractivity (Wildman–Crippen MR) is 73.2 cm³/mol. The van der Waals surface area contributed by atoms with Crippen LogP contribution in [0, 0.1) is 17.0 Å². The minimum atomic E-state index is -1.04. The van der Waals surface area contributed by atoms with Gasteiger partial charge in [0.15, 0.2) is 0 Å². The van der Waals surface area contributed by atoms with Gasteiger partial charge in [-0.05, 0) is 25.1 Å². The number of aromatic nitrogens is 1. The van der Waals surface area contributed by atoms with Gasteiger partial charge in [-0.1, -0.05) is 17.8 Å². The SMILES string of the molecule is Cc1ccc(Sc2ccc(C(=O)O)cn2)cc1[N+](=O)[O-]. The molecule has 0 unspecified atom stereocenters. The summed E-state index contributed by atoms with van der Waals surface area (Å²) in [4.78, 5) is 25.8. The van der Waals surface area contributed by atoms with Crippen LogP contribution in [0.25, 0.3) is 0 Å². The molecule has 102 valence electrons. The molecular formula is C13H10N2O4S. The molecule has 1 aromatic heterocycles. The number of aryl methyl sites for hydroxylation is 1. The minimum absolute atomic E-state index is 0.0529. The number of carboxylic acids is 1. The topological polar surface area (TPSA) is 93.3 Å². The summed E-state index contributed by atoms with van der Waals surface area (Å²) in [6.07, 6.45) is 1.26. The third kappa shape index (κ3) is 3.12. The molecule has 0 aliphatic heterocycles. The Balaban J connectivity index is 2.23. The van der Waals surface area contributed by atoms with E-state index in [1.54, 1.807) is 25.1 Å². The molecule has 0 spiro atoms. The van der Waals surface area contributed by atoms with Gasteiger partial charge in [0.05, 0.1) is 10.5 Å². The first-order valence-electron chi connectivity index (χ1n) is 5.59. The third-order valence-electron chi connectivity index (χ3n) is 2.58. The van der Waals surface area contributed by atoms with Gasteiger partial charge in [0.1, 0.15) is 5.03 Å². The molecule has 0 fully saturated rings. The molecule has 0 saturated heterocycles. The Morgan fingerprint density at radius 1 is 1.35 bits per heavy atom. The second-order valence-corrected chi connectivity index (χ2v) is 5.09. The third-order valence-corrected chi connectivity index (χ3v) is 3.52. The fourth-order valence-corrected chi connectivity index (χ4v) is 2.33. The zero-order valence-corrected chi connectivity index (χ0v) is 11.3. The highest BCUT2D eigenvalue weighted by molar-refractivity contribution is 7.99. The van der Waals surface area contributed by atoms with Gasteiger partial charge in [0.25, 0.3) is 5.69 Å². The van der Waals surface area contributed by atoms with E-state index in [0.29, 0.717) is 15.5 Å². The van der Waals surface area contributed by atoms with Gasteiger partial charge in [0.2, 0.25) is 0 Å². The monoisotopic (exact) mass is 290 g/mol. The van der Waals surface area contributed by atoms with Gasteiger partial charge < -0.3 is 5.11 Å². The number of carboxylic acid groups (broad SMARTS) is 1. The number of hydrogen-bond acceptors (Lipinski definition) is 5. The average molecular weight is 290 g/mol. The molecule has 0 amide bonds. The van der Waals surface area contributed by atoms with Crippen LogP contribution in [0.1, 0.15) is 15.9 Å². The molecular weight excluding hydrogens is 280 g/mol. The van der Waals surface area contributed by atoms with Gasteiger partial charge >= 0.3 is 5.97 Å². The highest BCUT2D eigenvalue weighted by Crippen LogP contribution is 2.30. The highest BCUT2D eigenvalue weighted by Gasteiger charge is 2.12. The van der Waals surface area contributed by atoms with Crippen LogP contribution in [0.4, 0.5) is 5.69 Å². The first-order valence-corrected chi connectivity index (χ1v) is 6.41. The van der Waals surface area contributed by atoms with Crippen LogP contribution >= 0.6 is 11.8 Å². The lowest BCUT2D eigenvalue weighted by molar-refractivity contribution is -0.385. The predicted octanol–water partition coefficient (Wildman–Crippen LogP) is 3.15. The number of hydrogen-bond donors (Lipinski definition) is 1. The first kappa shape index (κ1) is 14.0. The van der Waals surface area contributed by atoms with Gasteiger partial charge in [-0.15, -0.1) is 0 Å². The van der Waals surface area contributed by atoms with Crippen molar-refractivity contribution in [2.75, 3.05) is 0 Å². The minimum Gasteiger partial charge on any atom is -0.478 e. The Hall–Kier alpha value is -2.41. The Morgan fingerprint density at radius 2 is 2.10 bits per heavy atom. The van der Waals surface area contributed by atoms with Crippen molar-refractivity contribution < 1.29 is 14.8 Å². The lowest BCUT2D eigenvalue weighted by Gasteiger charge is -2.03. The average Bonchev–Trinajstić information content (AvgIpc) is 2.41. The number of benzene rings is 1. The quantitative estimate of drug-likeness (QED) is 0.686. The molecule has 0 atom stereocenters. The lowest BCUT2D eigenvalue weighted by Crippen LogP contribution is -1.96. The van der Waals surface area contributed by atoms with Crippen molar-refractivity contribution in [3.63, 3.8) is 0 Å². The Kier molecular flexibility index (Phi) is 3.99. The summed E-state index contributed by atoms with van der Waals surface area (Å²) >= 11 is 1.24. The summed E-state index contributed by atoms with van der Waals surface area (Å²) in [6, 6.07) is 7.93. The largest absolute Gasteiger partial charge is 0.478 e. The normalized spacial score (nSPS) is 10.2. The number of nitro groups is 1. The molecule has 1 heterocycles. The Bertz CT molecular complexity index is 671. The number of nitro benzene ring substituents is 1. The summed E-state index contributed by atoms with van der Waals surface area (Å²) in [5.41, 5.74) is 0.745. The van der Waals surface area contributed by atoms with Crippen LogP contribution in [-0.2, 0) is 0 Å². The zero-order valence-electron chi connectivity index (χ0n) is 10.4. The summed E-state index contributed by atoms with van der Waals surface area (Å²) in [5, 5.41) is 20.2. The maximum atomic E-state index is 10.9. The van der Waals surface area contributed by atoms with E-state index in [4.69, 9.17) is 5.11 Å². The number of pyridine rings is 1. The fraction of sp³-hybridized carbons (Fsp3) is 0.0769. The van der Waals surface area contributed by atoms with Crippen molar-refractivity contribution in [2.24, 2.45) is 0 Å². The molecule has 2 aromatic rings. The van der Waals surface area contributed by atoms with Gasteiger partial charge in [0, 0.05) is 22.7 Å². The molecule has 1 aromatic carbocycles. The molecule has 2 rings (SSSR count). The van der Waals surface area contributed by atoms with Gasteiger partial charge in [-0.3, -0.25) is 10.1 Å². The second kappa shape index (κ2) is 5.70. The van der Waals surface area contributed by atoms with E-state index in [9.17, 15) is 14.9 Å². The summed E-state index contributed by atoms with van der Waals surface area (Å²) in [7, 11) is 0. The molecule has 6 nitrogen and oxygen atoms in total. The van der Waals surface area contributed by atoms with E-state index in [1.165, 1.54) is 30.1 Å². The Labute approximate surface area is 118 Å². The van der Waals surface area contributed by atoms with Crippen LogP contribution in [0.3, 0.4) is 0 Å². The Morgan fingerprint density at radius 3 is 2.65 bits per heavy atom. The maximum absolute atomic E-state index is 10.9. The second-order valence-electron chi connectivity index (χ2n) is 4.00. The van der Waals surface area contributed by atoms with Gasteiger partial charge in [-0.2, -0.15) is 0 Å². The number of aromatic carboxylic acids is 1. The molecule has 0 aliphatic rings. The van der Waals surface area contributed by atoms with E-state index >= 15 is 0 Å². The molecule has 0 bridgehead atoms. The van der Waals surface area contributed by atoms with E-state index in [0.717, 1.165) is 0 Å². The standard InChI is InChI=1S/C13H10N2O4S/c1-8-2-4-10(6-11(8)15(18)19)20-12-5-3-9(7-14-12)13(16)17/h2-7H,1H3,(H,16,17). The van der Waals surface area contributed by atoms with Crippen molar-refractivity contribution in [2.45, 2.75) is 16.8 Å². The fourth-order valence-electron chi connectivity index (χ4n) is 1.54. The molecule has 7 heteroatoms. The smallest absolute Gasteiger partial charge is 0.337 e. The van der Waals surface area contributed by atoms with Crippen LogP contribution < -0.4 is 0 Å². The lowest BCUT2D eigenvalue weighted by atomic mass is 10.2. The maximum Gasteiger partial charge on any atom is 0.337 e. The number of carbonyl (C=O) groups is 1. The van der Waals surface area contributed by atoms with Crippen molar-refractivity contribution in [3.8, 4) is 0 Å². The van der Waals surface area contributed by atoms with E-state index < -0.39 is 10.9 Å². The van der Waals surface area contributed by atoms with Crippen molar-refractivity contribution in [1.29, 1.82) is 0 Å². The van der Waals surface area contributed by atoms with Crippen molar-refractivity contribution in [3.05, 3.63) is 57.8 Å². The summed E-state index contributed by atoms with van der Waals surface area (Å²) in [5.74, 6) is -1.04. The number of rotatable bonds is 4. The summed E-state index contributed by atoms with van der Waals surface area (Å²) in [6.45, 7) is 1.67. The molecule has 1 N–H and O–H groups in total. The zero-order chi connectivity index (χ0) is 14.7. The van der Waals surface area contributed by atoms with Crippen LogP contribution in [0.5, 0.6) is 0 Å². The molecule has 20 heavy (non-hydrogen) atoms. The van der Waals surface area contributed by atoms with Crippen LogP contribution in [-0.4, -0.2) is 21.0 Å². The number of nitrogens with zero attached hydrogens (tertiary/aromatic N) is 2. The molecule has 0 aliphatic carbocycles. The van der Waals surface area contributed by atoms with E-state index in [-0.39, 0.29) is 11.3 Å². The summed E-state index contributed by atoms with van der Waals surface area (Å²) < 4.78 is 0. The van der Waals surface area contributed by atoms with Crippen LogP contribution in [0.2, 0.25) is 0 Å². The van der Waals surface area contributed by atoms with Gasteiger partial charge in [-0.25, -0.2) is 9.78 Å². The van der Waals surface area contributed by atoms with Crippen molar-refractivity contribution >= 4 is 23.4 Å². The molecule has 0 saturated carbocycles. The highest BCUT2D eigenvalue weighted by atomic mass is 32.2. The van der Waals surface area contributed by atoms with E-state index in [2.05, 4.69) is 4.98 Å². The first-order chi connectivity index (χ1) is 9.47. The van der Waals surface area contributed by atoms with E-state index in [1.807, 2.05) is 0 Å². The van der Waals surface area contributed by atoms with Crippen LogP contribution in [0.15, 0.2) is 46.5 Å². The molecule has 0 radical (unpaired) electrons. The van der Waals surface area contributed by atoms with Crippen molar-refractivity contribution in [1.82, 2.24) is 4.98 Å².